The molecule has 0 bridgehead atoms. The molecule has 0 aromatic carbocycles. The Balaban J connectivity index is 1.33. The first-order chi connectivity index (χ1) is 16.2. The van der Waals surface area contributed by atoms with Crippen LogP contribution in [0.2, 0.25) is 0 Å². The van der Waals surface area contributed by atoms with Crippen LogP contribution in [0.15, 0.2) is 27.6 Å². The summed E-state index contributed by atoms with van der Waals surface area (Å²) < 4.78 is 5.20. The highest BCUT2D eigenvalue weighted by Gasteiger charge is 2.67. The van der Waals surface area contributed by atoms with Crippen molar-refractivity contribution in [3.63, 3.8) is 0 Å². The van der Waals surface area contributed by atoms with Crippen molar-refractivity contribution in [2.24, 2.45) is 28.6 Å². The Hall–Kier alpha value is -1.86. The summed E-state index contributed by atoms with van der Waals surface area (Å²) in [6.07, 6.45) is 10.6. The molecular weight excluding hydrogens is 432 g/mol. The quantitative estimate of drug-likeness (QED) is 0.536. The van der Waals surface area contributed by atoms with E-state index >= 15 is 0 Å². The van der Waals surface area contributed by atoms with Gasteiger partial charge in [-0.25, -0.2) is 9.59 Å². The minimum Gasteiger partial charge on any atom is -0.431 e. The van der Waals surface area contributed by atoms with Crippen LogP contribution in [0, 0.1) is 28.6 Å². The summed E-state index contributed by atoms with van der Waals surface area (Å²) in [6.45, 7) is 4.94. The van der Waals surface area contributed by atoms with Gasteiger partial charge in [-0.3, -0.25) is 0 Å². The average Bonchev–Trinajstić information content (AvgIpc) is 3.10. The number of carbonyl (C=O) groups excluding carboxylic acids is 1. The van der Waals surface area contributed by atoms with Gasteiger partial charge in [0.2, 0.25) is 0 Å². The monoisotopic (exact) mass is 472 g/mol. The molecule has 1 heterocycles. The Kier molecular flexibility index (Phi) is 6.08. The molecule has 0 spiro atoms. The number of aliphatic hydroxyl groups is 2. The highest BCUT2D eigenvalue weighted by Crippen LogP contribution is 2.70. The van der Waals surface area contributed by atoms with Gasteiger partial charge >= 0.3 is 11.7 Å². The first-order valence-electron chi connectivity index (χ1n) is 13.2. The number of carbonyl (C=O) groups is 1. The third kappa shape index (κ3) is 3.62. The molecule has 1 unspecified atom stereocenters. The van der Waals surface area contributed by atoms with Crippen molar-refractivity contribution >= 4 is 6.03 Å². The van der Waals surface area contributed by atoms with Crippen LogP contribution in [0.3, 0.4) is 0 Å². The zero-order valence-electron chi connectivity index (χ0n) is 20.5. The Morgan fingerprint density at radius 1 is 1.09 bits per heavy atom. The molecule has 1 aromatic heterocycles. The van der Waals surface area contributed by atoms with Gasteiger partial charge in [-0.1, -0.05) is 13.8 Å². The van der Waals surface area contributed by atoms with E-state index in [1.54, 1.807) is 6.26 Å². The summed E-state index contributed by atoms with van der Waals surface area (Å²) in [7, 11) is 0. The zero-order valence-corrected chi connectivity index (χ0v) is 20.5. The number of amides is 2. The Morgan fingerprint density at radius 3 is 2.65 bits per heavy atom. The van der Waals surface area contributed by atoms with Crippen molar-refractivity contribution in [2.45, 2.75) is 89.2 Å². The summed E-state index contributed by atoms with van der Waals surface area (Å²) in [6, 6.07) is 3.38. The first-order valence-corrected chi connectivity index (χ1v) is 13.2. The number of nitrogens with one attached hydrogen (secondary N) is 2. The molecule has 0 radical (unpaired) electrons. The van der Waals surface area contributed by atoms with Gasteiger partial charge in [0.1, 0.15) is 0 Å². The molecule has 8 atom stereocenters. The van der Waals surface area contributed by atoms with E-state index in [9.17, 15) is 14.7 Å². The molecular formula is C27H40N2O5. The second kappa shape index (κ2) is 8.66. The van der Waals surface area contributed by atoms with Gasteiger partial charge in [-0.15, -0.1) is 0 Å². The van der Waals surface area contributed by atoms with E-state index in [1.807, 2.05) is 6.07 Å². The lowest BCUT2D eigenvalue weighted by Gasteiger charge is -2.63. The van der Waals surface area contributed by atoms with Crippen molar-refractivity contribution in [3.05, 3.63) is 34.4 Å². The molecule has 7 nitrogen and oxygen atoms in total. The maximum atomic E-state index is 12.3. The number of hydrogen-bond acceptors (Lipinski definition) is 5. The molecule has 0 aliphatic heterocycles. The largest absolute Gasteiger partial charge is 0.431 e. The molecule has 4 N–H and O–H groups in total. The van der Waals surface area contributed by atoms with Crippen LogP contribution in [-0.2, 0) is 0 Å². The fourth-order valence-electron chi connectivity index (χ4n) is 8.86. The maximum Gasteiger partial charge on any atom is 0.335 e. The smallest absolute Gasteiger partial charge is 0.335 e. The summed E-state index contributed by atoms with van der Waals surface area (Å²) >= 11 is 0. The standard InChI is InChI=1S/C27H40N2O5/c1-25-10-7-19(29-24(32)28-13-14-30)15-18(25)4-5-22-21(25)8-11-26(2)20(9-12-27(22,26)33)17-3-6-23(31)34-16-17/h3,6,16,18-22,30,33H,4-5,7-15H2,1-2H3,(H2,28,29,32)/t18-,19+,20-,21?,22-,25+,26-,27+/m1/s1. The predicted molar refractivity (Wildman–Crippen MR) is 128 cm³/mol. The molecule has 1 aromatic rings. The van der Waals surface area contributed by atoms with Gasteiger partial charge in [-0.2, -0.15) is 0 Å². The molecule has 4 aliphatic rings. The number of rotatable bonds is 4. The van der Waals surface area contributed by atoms with Crippen LogP contribution in [0.25, 0.3) is 0 Å². The first kappa shape index (κ1) is 23.9. The lowest BCUT2D eigenvalue weighted by Crippen LogP contribution is -2.62. The molecule has 0 saturated heterocycles. The minimum atomic E-state index is -0.690. The summed E-state index contributed by atoms with van der Waals surface area (Å²) in [5.41, 5.74) is 0.0119. The van der Waals surface area contributed by atoms with Crippen LogP contribution < -0.4 is 16.3 Å². The van der Waals surface area contributed by atoms with Crippen LogP contribution in [0.4, 0.5) is 4.79 Å². The highest BCUT2D eigenvalue weighted by atomic mass is 16.4. The van der Waals surface area contributed by atoms with E-state index in [4.69, 9.17) is 9.52 Å². The van der Waals surface area contributed by atoms with E-state index in [-0.39, 0.29) is 47.6 Å². The SMILES string of the molecule is C[C@]12CC[C@H](NC(=O)NCCO)C[C@H]1CC[C@@H]1C2CC[C@]2(C)[C@@H](c3ccc(=O)oc3)CC[C@]12O. The average molecular weight is 473 g/mol. The van der Waals surface area contributed by atoms with Crippen molar-refractivity contribution < 1.29 is 19.4 Å². The van der Waals surface area contributed by atoms with Gasteiger partial charge in [0, 0.05) is 24.1 Å². The van der Waals surface area contributed by atoms with Crippen molar-refractivity contribution in [1.82, 2.24) is 10.6 Å². The topological polar surface area (TPSA) is 112 Å². The van der Waals surface area contributed by atoms with Crippen LogP contribution >= 0.6 is 0 Å². The highest BCUT2D eigenvalue weighted by molar-refractivity contribution is 5.74. The number of hydrogen-bond donors (Lipinski definition) is 4. The fraction of sp³-hybridized carbons (Fsp3) is 0.778. The molecule has 2 amide bonds. The lowest BCUT2D eigenvalue weighted by molar-refractivity contribution is -0.201. The Bertz CT molecular complexity index is 960. The van der Waals surface area contributed by atoms with Gasteiger partial charge in [0.05, 0.1) is 18.5 Å². The zero-order chi connectivity index (χ0) is 24.1. The maximum absolute atomic E-state index is 12.3. The van der Waals surface area contributed by atoms with E-state index < -0.39 is 5.60 Å². The molecule has 4 fully saturated rings. The third-order valence-electron chi connectivity index (χ3n) is 10.7. The number of urea groups is 1. The van der Waals surface area contributed by atoms with E-state index in [1.165, 1.54) is 6.07 Å². The van der Waals surface area contributed by atoms with Crippen LogP contribution in [0.5, 0.6) is 0 Å². The Labute approximate surface area is 201 Å². The minimum absolute atomic E-state index is 0.0523. The summed E-state index contributed by atoms with van der Waals surface area (Å²) in [5.74, 6) is 1.57. The van der Waals surface area contributed by atoms with Gasteiger partial charge in [0.25, 0.3) is 0 Å². The summed E-state index contributed by atoms with van der Waals surface area (Å²) in [4.78, 5) is 23.6. The Morgan fingerprint density at radius 2 is 1.91 bits per heavy atom. The summed E-state index contributed by atoms with van der Waals surface area (Å²) in [5, 5.41) is 27.1. The lowest BCUT2D eigenvalue weighted by atomic mass is 9.43. The fourth-order valence-corrected chi connectivity index (χ4v) is 8.86. The van der Waals surface area contributed by atoms with Crippen LogP contribution in [-0.4, -0.2) is 41.0 Å². The van der Waals surface area contributed by atoms with Crippen molar-refractivity contribution in [2.75, 3.05) is 13.2 Å². The molecule has 34 heavy (non-hydrogen) atoms. The second-order valence-electron chi connectivity index (χ2n) is 11.9. The molecule has 4 saturated carbocycles. The second-order valence-corrected chi connectivity index (χ2v) is 11.9. The van der Waals surface area contributed by atoms with Gasteiger partial charge in [0.15, 0.2) is 0 Å². The van der Waals surface area contributed by atoms with Crippen molar-refractivity contribution in [3.8, 4) is 0 Å². The normalized spacial score (nSPS) is 43.4. The molecule has 188 valence electrons. The number of fused-ring (bicyclic) bond motifs is 5. The van der Waals surface area contributed by atoms with Gasteiger partial charge < -0.3 is 25.3 Å². The molecule has 5 rings (SSSR count). The van der Waals surface area contributed by atoms with E-state index in [0.29, 0.717) is 17.8 Å². The van der Waals surface area contributed by atoms with E-state index in [0.717, 1.165) is 63.4 Å². The molecule has 4 aliphatic carbocycles. The van der Waals surface area contributed by atoms with E-state index in [2.05, 4.69) is 24.5 Å². The number of aliphatic hydroxyl groups excluding tert-OH is 1. The van der Waals surface area contributed by atoms with Crippen molar-refractivity contribution in [1.29, 1.82) is 0 Å². The van der Waals surface area contributed by atoms with Gasteiger partial charge in [-0.05, 0) is 98.5 Å². The molecule has 7 heteroatoms. The predicted octanol–water partition coefficient (Wildman–Crippen LogP) is 3.54. The third-order valence-corrected chi connectivity index (χ3v) is 10.7. The van der Waals surface area contributed by atoms with Crippen LogP contribution in [0.1, 0.15) is 83.1 Å².